The van der Waals surface area contributed by atoms with Crippen molar-refractivity contribution < 1.29 is 4.79 Å². The van der Waals surface area contributed by atoms with E-state index in [0.717, 1.165) is 24.0 Å². The van der Waals surface area contributed by atoms with Crippen molar-refractivity contribution >= 4 is 5.91 Å². The maximum absolute atomic E-state index is 12.2. The summed E-state index contributed by atoms with van der Waals surface area (Å²) in [4.78, 5) is 24.4. The van der Waals surface area contributed by atoms with Crippen LogP contribution in [0.3, 0.4) is 0 Å². The van der Waals surface area contributed by atoms with Gasteiger partial charge in [0.15, 0.2) is 0 Å². The molecule has 0 radical (unpaired) electrons. The first-order valence-corrected chi connectivity index (χ1v) is 9.99. The van der Waals surface area contributed by atoms with Crippen molar-refractivity contribution in [2.24, 2.45) is 5.92 Å². The summed E-state index contributed by atoms with van der Waals surface area (Å²) in [5.41, 5.74) is 3.75. The van der Waals surface area contributed by atoms with E-state index >= 15 is 0 Å². The zero-order valence-electron chi connectivity index (χ0n) is 17.0. The van der Waals surface area contributed by atoms with Crippen LogP contribution in [0.2, 0.25) is 0 Å². The van der Waals surface area contributed by atoms with E-state index in [-0.39, 0.29) is 18.0 Å². The van der Waals surface area contributed by atoms with Gasteiger partial charge in [0.05, 0.1) is 5.69 Å². The van der Waals surface area contributed by atoms with E-state index in [9.17, 15) is 9.59 Å². The average Bonchev–Trinajstić information content (AvgIpc) is 2.71. The molecule has 0 bridgehead atoms. The molecule has 0 unspecified atom stereocenters. The van der Waals surface area contributed by atoms with Gasteiger partial charge in [-0.3, -0.25) is 9.59 Å². The summed E-state index contributed by atoms with van der Waals surface area (Å²) in [7, 11) is 0. The Hall–Kier alpha value is -3.21. The first kappa shape index (κ1) is 20.5. The molecule has 0 spiro atoms. The van der Waals surface area contributed by atoms with Crippen molar-refractivity contribution in [3.05, 3.63) is 88.2 Å². The monoisotopic (exact) mass is 389 g/mol. The number of nitrogens with one attached hydrogen (secondary N) is 1. The van der Waals surface area contributed by atoms with Gasteiger partial charge in [-0.05, 0) is 36.0 Å². The largest absolute Gasteiger partial charge is 0.354 e. The van der Waals surface area contributed by atoms with Crippen molar-refractivity contribution in [3.8, 4) is 11.3 Å². The van der Waals surface area contributed by atoms with Gasteiger partial charge in [0.25, 0.3) is 5.56 Å². The highest BCUT2D eigenvalue weighted by Gasteiger charge is 2.08. The minimum Gasteiger partial charge on any atom is -0.354 e. The van der Waals surface area contributed by atoms with Gasteiger partial charge in [-0.25, -0.2) is 4.68 Å². The molecule has 3 aromatic rings. The van der Waals surface area contributed by atoms with Crippen molar-refractivity contribution in [2.75, 3.05) is 6.54 Å². The number of hydrogen-bond acceptors (Lipinski definition) is 3. The fourth-order valence-corrected chi connectivity index (χ4v) is 3.18. The van der Waals surface area contributed by atoms with E-state index < -0.39 is 0 Å². The van der Waals surface area contributed by atoms with Crippen LogP contribution in [0.4, 0.5) is 0 Å². The maximum Gasteiger partial charge on any atom is 0.267 e. The molecule has 1 aromatic heterocycles. The lowest BCUT2D eigenvalue weighted by Crippen LogP contribution is -2.34. The van der Waals surface area contributed by atoms with Crippen LogP contribution in [0.1, 0.15) is 25.0 Å². The predicted octanol–water partition coefficient (Wildman–Crippen LogP) is 3.47. The lowest BCUT2D eigenvalue weighted by atomic mass is 10.0. The molecule has 0 aliphatic carbocycles. The molecule has 5 heteroatoms. The van der Waals surface area contributed by atoms with Gasteiger partial charge < -0.3 is 5.32 Å². The maximum atomic E-state index is 12.2. The van der Waals surface area contributed by atoms with Crippen LogP contribution >= 0.6 is 0 Å². The zero-order chi connectivity index (χ0) is 20.6. The predicted molar refractivity (Wildman–Crippen MR) is 116 cm³/mol. The summed E-state index contributed by atoms with van der Waals surface area (Å²) in [6.07, 6.45) is 1.77. The summed E-state index contributed by atoms with van der Waals surface area (Å²) >= 11 is 0. The van der Waals surface area contributed by atoms with Gasteiger partial charge >= 0.3 is 0 Å². The van der Waals surface area contributed by atoms with Gasteiger partial charge in [0.2, 0.25) is 5.91 Å². The van der Waals surface area contributed by atoms with Crippen molar-refractivity contribution in [1.29, 1.82) is 0 Å². The van der Waals surface area contributed by atoms with E-state index in [2.05, 4.69) is 36.4 Å². The molecule has 0 fully saturated rings. The third-order valence-corrected chi connectivity index (χ3v) is 4.63. The Morgan fingerprint density at radius 1 is 0.966 bits per heavy atom. The number of nitrogens with zero attached hydrogens (tertiary/aromatic N) is 2. The number of carbonyl (C=O) groups excluding carboxylic acids is 1. The van der Waals surface area contributed by atoms with Crippen molar-refractivity contribution in [1.82, 2.24) is 15.1 Å². The first-order valence-electron chi connectivity index (χ1n) is 9.99. The number of rotatable bonds is 8. The molecular formula is C24H27N3O2. The molecule has 2 aromatic carbocycles. The smallest absolute Gasteiger partial charge is 0.267 e. The molecule has 1 heterocycles. The lowest BCUT2D eigenvalue weighted by Gasteiger charge is -2.09. The number of carbonyl (C=O) groups is 1. The van der Waals surface area contributed by atoms with E-state index in [1.54, 1.807) is 6.07 Å². The lowest BCUT2D eigenvalue weighted by molar-refractivity contribution is -0.121. The Bertz CT molecular complexity index is 993. The highest BCUT2D eigenvalue weighted by atomic mass is 16.2. The molecule has 5 nitrogen and oxygen atoms in total. The van der Waals surface area contributed by atoms with Gasteiger partial charge in [0.1, 0.15) is 6.54 Å². The van der Waals surface area contributed by atoms with Gasteiger partial charge in [-0.1, -0.05) is 68.4 Å². The second-order valence-corrected chi connectivity index (χ2v) is 7.59. The highest BCUT2D eigenvalue weighted by Crippen LogP contribution is 2.17. The molecular weight excluding hydrogens is 362 g/mol. The normalized spacial score (nSPS) is 10.9. The van der Waals surface area contributed by atoms with E-state index in [1.165, 1.54) is 16.3 Å². The Labute approximate surface area is 171 Å². The number of hydrogen-bond donors (Lipinski definition) is 1. The molecule has 0 saturated carbocycles. The third-order valence-electron chi connectivity index (χ3n) is 4.63. The summed E-state index contributed by atoms with van der Waals surface area (Å²) in [6, 6.07) is 21.3. The Balaban J connectivity index is 1.62. The molecule has 0 aliphatic heterocycles. The fraction of sp³-hybridized carbons (Fsp3) is 0.292. The molecule has 0 atom stereocenters. The molecule has 0 saturated heterocycles. The summed E-state index contributed by atoms with van der Waals surface area (Å²) in [5.74, 6) is 0.376. The van der Waals surface area contributed by atoms with Crippen molar-refractivity contribution in [3.63, 3.8) is 0 Å². The summed E-state index contributed by atoms with van der Waals surface area (Å²) in [6.45, 7) is 4.81. The summed E-state index contributed by atoms with van der Waals surface area (Å²) in [5, 5.41) is 7.24. The third kappa shape index (κ3) is 6.14. The van der Waals surface area contributed by atoms with Gasteiger partial charge in [-0.2, -0.15) is 5.10 Å². The fourth-order valence-electron chi connectivity index (χ4n) is 3.18. The van der Waals surface area contributed by atoms with E-state index in [4.69, 9.17) is 0 Å². The van der Waals surface area contributed by atoms with Crippen LogP contribution < -0.4 is 10.9 Å². The molecule has 1 amide bonds. The van der Waals surface area contributed by atoms with Crippen LogP contribution in [0.5, 0.6) is 0 Å². The standard InChI is InChI=1S/C24H27N3O2/c1-18(2)16-20-8-10-21(11-9-20)22-12-13-24(29)27(26-22)17-23(28)25-15-14-19-6-4-3-5-7-19/h3-13,18H,14-17H2,1-2H3,(H,25,28). The second kappa shape index (κ2) is 9.82. The van der Waals surface area contributed by atoms with Crippen LogP contribution in [0, 0.1) is 5.92 Å². The Morgan fingerprint density at radius 3 is 2.38 bits per heavy atom. The Morgan fingerprint density at radius 2 is 1.69 bits per heavy atom. The van der Waals surface area contributed by atoms with Crippen LogP contribution in [0.25, 0.3) is 11.3 Å². The number of aromatic nitrogens is 2. The molecule has 150 valence electrons. The average molecular weight is 389 g/mol. The molecule has 0 aliphatic rings. The van der Waals surface area contributed by atoms with Gasteiger partial charge in [-0.15, -0.1) is 0 Å². The molecule has 3 rings (SSSR count). The minimum atomic E-state index is -0.289. The SMILES string of the molecule is CC(C)Cc1ccc(-c2ccc(=O)n(CC(=O)NCCc3ccccc3)n2)cc1. The highest BCUT2D eigenvalue weighted by molar-refractivity contribution is 5.75. The Kier molecular flexibility index (Phi) is 6.95. The van der Waals surface area contributed by atoms with Crippen LogP contribution in [-0.2, 0) is 24.2 Å². The quantitative estimate of drug-likeness (QED) is 0.642. The zero-order valence-corrected chi connectivity index (χ0v) is 17.0. The topological polar surface area (TPSA) is 64.0 Å². The number of benzene rings is 2. The van der Waals surface area contributed by atoms with E-state index in [0.29, 0.717) is 18.2 Å². The summed E-state index contributed by atoms with van der Waals surface area (Å²) < 4.78 is 1.22. The van der Waals surface area contributed by atoms with Gasteiger partial charge in [0, 0.05) is 18.2 Å². The van der Waals surface area contributed by atoms with Crippen molar-refractivity contribution in [2.45, 2.75) is 33.2 Å². The second-order valence-electron chi connectivity index (χ2n) is 7.59. The van der Waals surface area contributed by atoms with Crippen LogP contribution in [-0.4, -0.2) is 22.2 Å². The van der Waals surface area contributed by atoms with Crippen LogP contribution in [0.15, 0.2) is 71.5 Å². The minimum absolute atomic E-state index is 0.0904. The molecule has 29 heavy (non-hydrogen) atoms. The number of amides is 1. The molecule has 1 N–H and O–H groups in total. The van der Waals surface area contributed by atoms with E-state index in [1.807, 2.05) is 42.5 Å². The first-order chi connectivity index (χ1) is 14.0.